The summed E-state index contributed by atoms with van der Waals surface area (Å²) in [5.41, 5.74) is 2.03. The number of allylic oxidation sites excluding steroid dienone is 1. The van der Waals surface area contributed by atoms with Crippen molar-refractivity contribution in [3.63, 3.8) is 0 Å². The van der Waals surface area contributed by atoms with Crippen LogP contribution in [-0.4, -0.2) is 25.8 Å². The molecular weight excluding hydrogens is 262 g/mol. The normalized spacial score (nSPS) is 12.1. The highest BCUT2D eigenvalue weighted by atomic mass is 15.3. The molecule has 0 saturated heterocycles. The molecule has 2 rings (SSSR count). The minimum atomic E-state index is 0.356. The van der Waals surface area contributed by atoms with Crippen molar-refractivity contribution in [2.24, 2.45) is 0 Å². The molecule has 1 N–H and O–H groups in total. The molecule has 0 aliphatic rings. The highest BCUT2D eigenvalue weighted by Gasteiger charge is 2.08. The summed E-state index contributed by atoms with van der Waals surface area (Å²) < 4.78 is 1.82. The molecule has 2 aromatic rings. The Morgan fingerprint density at radius 2 is 2.19 bits per heavy atom. The van der Waals surface area contributed by atoms with Crippen LogP contribution in [0.4, 0.5) is 5.82 Å². The van der Waals surface area contributed by atoms with Gasteiger partial charge in [0.15, 0.2) is 5.82 Å². The molecule has 2 aromatic heterocycles. The highest BCUT2D eigenvalue weighted by molar-refractivity contribution is 5.37. The van der Waals surface area contributed by atoms with E-state index in [1.165, 1.54) is 0 Å². The van der Waals surface area contributed by atoms with Crippen molar-refractivity contribution >= 4 is 5.82 Å². The van der Waals surface area contributed by atoms with E-state index < -0.39 is 0 Å². The van der Waals surface area contributed by atoms with Crippen LogP contribution in [0, 0.1) is 13.8 Å². The number of rotatable bonds is 7. The van der Waals surface area contributed by atoms with Gasteiger partial charge in [0.05, 0.1) is 18.1 Å². The molecule has 0 aliphatic heterocycles. The van der Waals surface area contributed by atoms with Gasteiger partial charge in [-0.1, -0.05) is 6.08 Å². The van der Waals surface area contributed by atoms with Crippen LogP contribution >= 0.6 is 0 Å². The average molecular weight is 285 g/mol. The van der Waals surface area contributed by atoms with Crippen molar-refractivity contribution in [3.05, 3.63) is 42.5 Å². The molecule has 0 radical (unpaired) electrons. The lowest BCUT2D eigenvalue weighted by molar-refractivity contribution is 0.659. The van der Waals surface area contributed by atoms with Crippen molar-refractivity contribution in [3.8, 4) is 5.82 Å². The van der Waals surface area contributed by atoms with Gasteiger partial charge < -0.3 is 5.32 Å². The number of unbranched alkanes of at least 4 members (excludes halogenated alkanes) is 1. The number of aryl methyl sites for hydroxylation is 2. The third kappa shape index (κ3) is 4.15. The fraction of sp³-hybridized carbons (Fsp3) is 0.438. The van der Waals surface area contributed by atoms with Crippen molar-refractivity contribution in [2.45, 2.75) is 46.1 Å². The molecule has 5 nitrogen and oxygen atoms in total. The summed E-state index contributed by atoms with van der Waals surface area (Å²) in [6.45, 7) is 9.88. The van der Waals surface area contributed by atoms with Gasteiger partial charge in [-0.2, -0.15) is 5.10 Å². The topological polar surface area (TPSA) is 55.6 Å². The molecular formula is C16H23N5. The van der Waals surface area contributed by atoms with E-state index in [4.69, 9.17) is 0 Å². The van der Waals surface area contributed by atoms with E-state index >= 15 is 0 Å². The van der Waals surface area contributed by atoms with Crippen LogP contribution in [0.2, 0.25) is 0 Å². The van der Waals surface area contributed by atoms with Crippen LogP contribution in [0.25, 0.3) is 5.82 Å². The Morgan fingerprint density at radius 3 is 2.86 bits per heavy atom. The van der Waals surface area contributed by atoms with E-state index in [1.807, 2.05) is 30.7 Å². The Kier molecular flexibility index (Phi) is 5.09. The van der Waals surface area contributed by atoms with Gasteiger partial charge in [0.25, 0.3) is 0 Å². The second-order valence-corrected chi connectivity index (χ2v) is 5.37. The first-order valence-corrected chi connectivity index (χ1v) is 7.33. The van der Waals surface area contributed by atoms with E-state index in [1.54, 1.807) is 12.4 Å². The monoisotopic (exact) mass is 285 g/mol. The van der Waals surface area contributed by atoms with Crippen LogP contribution in [0.1, 0.15) is 37.6 Å². The van der Waals surface area contributed by atoms with Gasteiger partial charge in [-0.05, 0) is 46.1 Å². The van der Waals surface area contributed by atoms with Crippen molar-refractivity contribution in [2.75, 3.05) is 5.32 Å². The lowest BCUT2D eigenvalue weighted by atomic mass is 10.1. The second-order valence-electron chi connectivity index (χ2n) is 5.37. The second kappa shape index (κ2) is 7.02. The van der Waals surface area contributed by atoms with E-state index in [0.717, 1.165) is 42.3 Å². The number of aromatic nitrogens is 4. The Hall–Kier alpha value is -2.17. The van der Waals surface area contributed by atoms with E-state index in [-0.39, 0.29) is 0 Å². The first kappa shape index (κ1) is 15.2. The minimum absolute atomic E-state index is 0.356. The third-order valence-electron chi connectivity index (χ3n) is 3.29. The number of nitrogens with zero attached hydrogens (tertiary/aromatic N) is 4. The molecule has 0 fully saturated rings. The molecule has 0 saturated carbocycles. The van der Waals surface area contributed by atoms with Gasteiger partial charge in [0.1, 0.15) is 5.82 Å². The molecule has 5 heteroatoms. The summed E-state index contributed by atoms with van der Waals surface area (Å²) in [6, 6.07) is 2.38. The van der Waals surface area contributed by atoms with Gasteiger partial charge in [0, 0.05) is 11.7 Å². The van der Waals surface area contributed by atoms with Gasteiger partial charge in [-0.25, -0.2) is 9.67 Å². The van der Waals surface area contributed by atoms with E-state index in [9.17, 15) is 0 Å². The van der Waals surface area contributed by atoms with E-state index in [2.05, 4.69) is 33.9 Å². The zero-order valence-electron chi connectivity index (χ0n) is 13.0. The largest absolute Gasteiger partial charge is 0.366 e. The van der Waals surface area contributed by atoms with Crippen LogP contribution in [-0.2, 0) is 0 Å². The maximum absolute atomic E-state index is 4.59. The third-order valence-corrected chi connectivity index (χ3v) is 3.29. The summed E-state index contributed by atoms with van der Waals surface area (Å²) in [7, 11) is 0. The predicted molar refractivity (Wildman–Crippen MR) is 85.8 cm³/mol. The average Bonchev–Trinajstić information content (AvgIpc) is 2.78. The molecule has 21 heavy (non-hydrogen) atoms. The van der Waals surface area contributed by atoms with Crippen molar-refractivity contribution in [1.29, 1.82) is 0 Å². The minimum Gasteiger partial charge on any atom is -0.366 e. The van der Waals surface area contributed by atoms with Crippen LogP contribution in [0.3, 0.4) is 0 Å². The summed E-state index contributed by atoms with van der Waals surface area (Å²) in [6.07, 6.45) is 8.69. The molecule has 112 valence electrons. The summed E-state index contributed by atoms with van der Waals surface area (Å²) in [4.78, 5) is 8.85. The maximum atomic E-state index is 4.59. The quantitative estimate of drug-likeness (QED) is 0.625. The SMILES string of the molecule is C=CCCCC(C)Nc1cncc(-n2nc(C)cc2C)n1. The number of anilines is 1. The van der Waals surface area contributed by atoms with Gasteiger partial charge in [0.2, 0.25) is 0 Å². The summed E-state index contributed by atoms with van der Waals surface area (Å²) in [5.74, 6) is 1.52. The molecule has 0 aliphatic carbocycles. The van der Waals surface area contributed by atoms with Gasteiger partial charge in [-0.3, -0.25) is 4.98 Å². The lowest BCUT2D eigenvalue weighted by Crippen LogP contribution is -2.16. The number of hydrogen-bond donors (Lipinski definition) is 1. The summed E-state index contributed by atoms with van der Waals surface area (Å²) in [5, 5.41) is 7.82. The number of nitrogens with one attached hydrogen (secondary N) is 1. The smallest absolute Gasteiger partial charge is 0.174 e. The standard InChI is InChI=1S/C16H23N5/c1-5-6-7-8-12(2)18-15-10-17-11-16(19-15)21-14(4)9-13(3)20-21/h5,9-12H,1,6-8H2,2-4H3,(H,18,19). The van der Waals surface area contributed by atoms with Gasteiger partial charge >= 0.3 is 0 Å². The molecule has 0 bridgehead atoms. The first-order valence-electron chi connectivity index (χ1n) is 7.33. The Balaban J connectivity index is 2.07. The Morgan fingerprint density at radius 1 is 1.38 bits per heavy atom. The van der Waals surface area contributed by atoms with Gasteiger partial charge in [-0.15, -0.1) is 6.58 Å². The molecule has 1 unspecified atom stereocenters. The van der Waals surface area contributed by atoms with Crippen LogP contribution in [0.15, 0.2) is 31.1 Å². The van der Waals surface area contributed by atoms with Crippen molar-refractivity contribution < 1.29 is 0 Å². The highest BCUT2D eigenvalue weighted by Crippen LogP contribution is 2.13. The Labute approximate surface area is 126 Å². The Bertz CT molecular complexity index is 602. The predicted octanol–water partition coefficient (Wildman–Crippen LogP) is 3.44. The zero-order valence-corrected chi connectivity index (χ0v) is 13.0. The van der Waals surface area contributed by atoms with Crippen LogP contribution in [0.5, 0.6) is 0 Å². The fourth-order valence-electron chi connectivity index (χ4n) is 2.28. The maximum Gasteiger partial charge on any atom is 0.174 e. The molecule has 1 atom stereocenters. The molecule has 0 aromatic carbocycles. The summed E-state index contributed by atoms with van der Waals surface area (Å²) >= 11 is 0. The lowest BCUT2D eigenvalue weighted by Gasteiger charge is -2.14. The van der Waals surface area contributed by atoms with Crippen LogP contribution < -0.4 is 5.32 Å². The molecule has 0 amide bonds. The van der Waals surface area contributed by atoms with E-state index in [0.29, 0.717) is 6.04 Å². The number of hydrogen-bond acceptors (Lipinski definition) is 4. The first-order chi connectivity index (χ1) is 10.1. The van der Waals surface area contributed by atoms with Crippen molar-refractivity contribution in [1.82, 2.24) is 19.7 Å². The fourth-order valence-corrected chi connectivity index (χ4v) is 2.28. The molecule has 2 heterocycles. The molecule has 0 spiro atoms. The zero-order chi connectivity index (χ0) is 15.2.